The molecule has 0 amide bonds. The van der Waals surface area contributed by atoms with Gasteiger partial charge in [-0.25, -0.2) is 0 Å². The molecule has 0 spiro atoms. The van der Waals surface area contributed by atoms with E-state index in [1.807, 2.05) is 6.92 Å². The van der Waals surface area contributed by atoms with Gasteiger partial charge in [0.1, 0.15) is 0 Å². The van der Waals surface area contributed by atoms with E-state index in [-0.39, 0.29) is 0 Å². The van der Waals surface area contributed by atoms with Gasteiger partial charge in [-0.05, 0) is 20.3 Å². The van der Waals surface area contributed by atoms with Gasteiger partial charge in [-0.15, -0.1) is 0 Å². The van der Waals surface area contributed by atoms with E-state index in [0.717, 1.165) is 32.7 Å². The van der Waals surface area contributed by atoms with Gasteiger partial charge < -0.3 is 10.1 Å². The van der Waals surface area contributed by atoms with Gasteiger partial charge in [0.2, 0.25) is 0 Å². The van der Waals surface area contributed by atoms with Crippen molar-refractivity contribution < 1.29 is 4.74 Å². The Bertz CT molecular complexity index is 130. The Hall–Kier alpha value is -0.120. The van der Waals surface area contributed by atoms with Crippen LogP contribution in [0.3, 0.4) is 0 Å². The summed E-state index contributed by atoms with van der Waals surface area (Å²) in [4.78, 5) is 2.54. The molecule has 1 aliphatic heterocycles. The molecule has 0 aromatic carbocycles. The molecule has 0 aromatic rings. The molecule has 1 heterocycles. The van der Waals surface area contributed by atoms with Crippen molar-refractivity contribution in [1.29, 1.82) is 0 Å². The van der Waals surface area contributed by atoms with Crippen molar-refractivity contribution in [2.75, 3.05) is 39.4 Å². The van der Waals surface area contributed by atoms with Crippen molar-refractivity contribution in [3.63, 3.8) is 0 Å². The molecule has 0 unspecified atom stereocenters. The summed E-state index contributed by atoms with van der Waals surface area (Å²) in [5, 5.41) is 3.39. The zero-order valence-electron chi connectivity index (χ0n) is 8.88. The molecule has 3 nitrogen and oxygen atoms in total. The zero-order valence-corrected chi connectivity index (χ0v) is 8.88. The quantitative estimate of drug-likeness (QED) is 0.640. The Balaban J connectivity index is 2.05. The summed E-state index contributed by atoms with van der Waals surface area (Å²) in [6.45, 7) is 10.7. The SMILES string of the molecule is CCOCCCN1CCNC[C@H]1C. The van der Waals surface area contributed by atoms with E-state index >= 15 is 0 Å². The van der Waals surface area contributed by atoms with Crippen LogP contribution in [0, 0.1) is 0 Å². The summed E-state index contributed by atoms with van der Waals surface area (Å²) >= 11 is 0. The maximum atomic E-state index is 5.32. The number of nitrogens with one attached hydrogen (secondary N) is 1. The van der Waals surface area contributed by atoms with Crippen LogP contribution in [-0.2, 0) is 4.74 Å². The standard InChI is InChI=1S/C10H22N2O/c1-3-13-8-4-6-12-7-5-11-9-10(12)2/h10-11H,3-9H2,1-2H3/t10-/m1/s1. The second-order valence-electron chi connectivity index (χ2n) is 3.64. The van der Waals surface area contributed by atoms with Crippen LogP contribution in [0.25, 0.3) is 0 Å². The third-order valence-corrected chi connectivity index (χ3v) is 2.58. The molecular weight excluding hydrogens is 164 g/mol. The fourth-order valence-electron chi connectivity index (χ4n) is 1.73. The van der Waals surface area contributed by atoms with Gasteiger partial charge >= 0.3 is 0 Å². The van der Waals surface area contributed by atoms with Crippen LogP contribution < -0.4 is 5.32 Å². The average Bonchev–Trinajstić information content (AvgIpc) is 2.15. The van der Waals surface area contributed by atoms with Crippen molar-refractivity contribution in [1.82, 2.24) is 10.2 Å². The fraction of sp³-hybridized carbons (Fsp3) is 1.00. The predicted molar refractivity (Wildman–Crippen MR) is 55.0 cm³/mol. The minimum atomic E-state index is 0.690. The molecule has 1 saturated heterocycles. The first kappa shape index (κ1) is 11.0. The highest BCUT2D eigenvalue weighted by atomic mass is 16.5. The summed E-state index contributed by atoms with van der Waals surface area (Å²) < 4.78 is 5.32. The third kappa shape index (κ3) is 4.07. The summed E-state index contributed by atoms with van der Waals surface area (Å²) in [6, 6.07) is 0.690. The first-order valence-corrected chi connectivity index (χ1v) is 5.37. The molecule has 3 heteroatoms. The van der Waals surface area contributed by atoms with Gasteiger partial charge in [0.05, 0.1) is 0 Å². The lowest BCUT2D eigenvalue weighted by Gasteiger charge is -2.33. The van der Waals surface area contributed by atoms with Crippen LogP contribution in [0.4, 0.5) is 0 Å². The second-order valence-corrected chi connectivity index (χ2v) is 3.64. The Kier molecular flexibility index (Phi) is 5.35. The molecular formula is C10H22N2O. The number of rotatable bonds is 5. The molecule has 0 bridgehead atoms. The third-order valence-electron chi connectivity index (χ3n) is 2.58. The van der Waals surface area contributed by atoms with Gasteiger partial charge in [-0.3, -0.25) is 4.90 Å². The molecule has 0 aromatic heterocycles. The van der Waals surface area contributed by atoms with Crippen molar-refractivity contribution in [3.8, 4) is 0 Å². The molecule has 78 valence electrons. The maximum Gasteiger partial charge on any atom is 0.0478 e. The van der Waals surface area contributed by atoms with E-state index in [1.165, 1.54) is 13.1 Å². The first-order chi connectivity index (χ1) is 6.34. The van der Waals surface area contributed by atoms with Gasteiger partial charge in [0, 0.05) is 45.4 Å². The molecule has 1 fully saturated rings. The van der Waals surface area contributed by atoms with E-state index in [2.05, 4.69) is 17.1 Å². The molecule has 1 aliphatic rings. The second kappa shape index (κ2) is 6.35. The largest absolute Gasteiger partial charge is 0.382 e. The van der Waals surface area contributed by atoms with E-state index in [0.29, 0.717) is 6.04 Å². The smallest absolute Gasteiger partial charge is 0.0478 e. The van der Waals surface area contributed by atoms with Crippen LogP contribution in [0.1, 0.15) is 20.3 Å². The molecule has 13 heavy (non-hydrogen) atoms. The van der Waals surface area contributed by atoms with Crippen molar-refractivity contribution in [2.45, 2.75) is 26.3 Å². The molecule has 0 radical (unpaired) electrons. The lowest BCUT2D eigenvalue weighted by atomic mass is 10.2. The van der Waals surface area contributed by atoms with E-state index in [1.54, 1.807) is 0 Å². The van der Waals surface area contributed by atoms with Crippen LogP contribution in [0.5, 0.6) is 0 Å². The first-order valence-electron chi connectivity index (χ1n) is 5.37. The van der Waals surface area contributed by atoms with Gasteiger partial charge in [-0.2, -0.15) is 0 Å². The Morgan fingerprint density at radius 1 is 1.54 bits per heavy atom. The van der Waals surface area contributed by atoms with Crippen LogP contribution >= 0.6 is 0 Å². The van der Waals surface area contributed by atoms with Crippen molar-refractivity contribution in [3.05, 3.63) is 0 Å². The van der Waals surface area contributed by atoms with Crippen LogP contribution in [-0.4, -0.2) is 50.3 Å². The van der Waals surface area contributed by atoms with E-state index in [4.69, 9.17) is 4.74 Å². The van der Waals surface area contributed by atoms with Gasteiger partial charge in [-0.1, -0.05) is 0 Å². The van der Waals surface area contributed by atoms with Crippen molar-refractivity contribution in [2.24, 2.45) is 0 Å². The fourth-order valence-corrected chi connectivity index (χ4v) is 1.73. The summed E-state index contributed by atoms with van der Waals surface area (Å²) in [6.07, 6.45) is 1.16. The lowest BCUT2D eigenvalue weighted by molar-refractivity contribution is 0.115. The Morgan fingerprint density at radius 3 is 3.08 bits per heavy atom. The highest BCUT2D eigenvalue weighted by molar-refractivity contribution is 4.75. The summed E-state index contributed by atoms with van der Waals surface area (Å²) in [5.74, 6) is 0. The topological polar surface area (TPSA) is 24.5 Å². The van der Waals surface area contributed by atoms with Crippen LogP contribution in [0.15, 0.2) is 0 Å². The number of hydrogen-bond donors (Lipinski definition) is 1. The van der Waals surface area contributed by atoms with E-state index < -0.39 is 0 Å². The lowest BCUT2D eigenvalue weighted by Crippen LogP contribution is -2.50. The Morgan fingerprint density at radius 2 is 2.38 bits per heavy atom. The number of ether oxygens (including phenoxy) is 1. The van der Waals surface area contributed by atoms with Gasteiger partial charge in [0.25, 0.3) is 0 Å². The minimum Gasteiger partial charge on any atom is -0.382 e. The zero-order chi connectivity index (χ0) is 9.52. The number of piperazine rings is 1. The van der Waals surface area contributed by atoms with Crippen molar-refractivity contribution >= 4 is 0 Å². The predicted octanol–water partition coefficient (Wildman–Crippen LogP) is 0.707. The van der Waals surface area contributed by atoms with Gasteiger partial charge in [0.15, 0.2) is 0 Å². The normalized spacial score (nSPS) is 24.9. The number of hydrogen-bond acceptors (Lipinski definition) is 3. The highest BCUT2D eigenvalue weighted by Gasteiger charge is 2.16. The molecule has 0 aliphatic carbocycles. The molecule has 1 rings (SSSR count). The highest BCUT2D eigenvalue weighted by Crippen LogP contribution is 2.02. The summed E-state index contributed by atoms with van der Waals surface area (Å²) in [5.41, 5.74) is 0. The van der Waals surface area contributed by atoms with E-state index in [9.17, 15) is 0 Å². The minimum absolute atomic E-state index is 0.690. The average molecular weight is 186 g/mol. The van der Waals surface area contributed by atoms with Crippen LogP contribution in [0.2, 0.25) is 0 Å². The molecule has 0 saturated carbocycles. The Labute approximate surface area is 81.4 Å². The molecule has 1 N–H and O–H groups in total. The maximum absolute atomic E-state index is 5.32. The number of nitrogens with zero attached hydrogens (tertiary/aromatic N) is 1. The summed E-state index contributed by atoms with van der Waals surface area (Å²) in [7, 11) is 0. The monoisotopic (exact) mass is 186 g/mol. The molecule has 1 atom stereocenters.